The second kappa shape index (κ2) is 5.27. The van der Waals surface area contributed by atoms with Crippen LogP contribution < -0.4 is 9.46 Å². The fourth-order valence-corrected chi connectivity index (χ4v) is 2.43. The van der Waals surface area contributed by atoms with E-state index < -0.39 is 10.0 Å². The molecule has 0 saturated carbocycles. The summed E-state index contributed by atoms with van der Waals surface area (Å²) < 4.78 is 31.5. The average Bonchev–Trinajstić information content (AvgIpc) is 2.79. The molecular weight excluding hydrogens is 268 g/mol. The number of aromatic amines is 1. The van der Waals surface area contributed by atoms with Crippen LogP contribution in [0.4, 0.5) is 5.69 Å². The number of H-pyrrole nitrogens is 1. The fraction of sp³-hybridized carbons (Fsp3) is 0.273. The summed E-state index contributed by atoms with van der Waals surface area (Å²) in [6.07, 6.45) is 2.66. The molecule has 7 nitrogen and oxygen atoms in total. The lowest BCUT2D eigenvalue weighted by Crippen LogP contribution is -2.13. The van der Waals surface area contributed by atoms with Crippen molar-refractivity contribution in [3.63, 3.8) is 0 Å². The molecule has 0 aromatic carbocycles. The molecule has 0 spiro atoms. The second-order valence-electron chi connectivity index (χ2n) is 3.76. The summed E-state index contributed by atoms with van der Waals surface area (Å²) >= 11 is 0. The van der Waals surface area contributed by atoms with E-state index >= 15 is 0 Å². The largest absolute Gasteiger partial charge is 0.478 e. The van der Waals surface area contributed by atoms with Crippen LogP contribution in [0.15, 0.2) is 29.6 Å². The first kappa shape index (κ1) is 13.3. The number of hydrogen-bond acceptors (Lipinski definition) is 5. The molecule has 0 amide bonds. The zero-order chi connectivity index (χ0) is 13.9. The van der Waals surface area contributed by atoms with Gasteiger partial charge in [-0.05, 0) is 19.9 Å². The highest BCUT2D eigenvalue weighted by Crippen LogP contribution is 2.16. The summed E-state index contributed by atoms with van der Waals surface area (Å²) in [5.74, 6) is 0.980. The number of nitrogens with zero attached hydrogens (tertiary/aromatic N) is 2. The van der Waals surface area contributed by atoms with Crippen LogP contribution in [0.5, 0.6) is 5.88 Å². The molecule has 0 aliphatic rings. The molecule has 0 saturated heterocycles. The van der Waals surface area contributed by atoms with Gasteiger partial charge in [0.2, 0.25) is 5.88 Å². The van der Waals surface area contributed by atoms with Crippen LogP contribution in [0.2, 0.25) is 0 Å². The molecule has 19 heavy (non-hydrogen) atoms. The van der Waals surface area contributed by atoms with Crippen LogP contribution in [0.3, 0.4) is 0 Å². The minimum absolute atomic E-state index is 0.0129. The van der Waals surface area contributed by atoms with Crippen LogP contribution in [0.1, 0.15) is 12.7 Å². The number of aromatic nitrogens is 3. The molecule has 0 fully saturated rings. The molecule has 2 aromatic heterocycles. The molecule has 8 heteroatoms. The Hall–Kier alpha value is -2.09. The second-order valence-corrected chi connectivity index (χ2v) is 5.41. The lowest BCUT2D eigenvalue weighted by molar-refractivity contribution is 0.327. The van der Waals surface area contributed by atoms with Crippen molar-refractivity contribution in [3.05, 3.63) is 30.4 Å². The van der Waals surface area contributed by atoms with E-state index in [4.69, 9.17) is 4.74 Å². The summed E-state index contributed by atoms with van der Waals surface area (Å²) in [7, 11) is -3.67. The van der Waals surface area contributed by atoms with Gasteiger partial charge in [0.15, 0.2) is 5.03 Å². The van der Waals surface area contributed by atoms with Crippen molar-refractivity contribution in [2.75, 3.05) is 11.3 Å². The number of pyridine rings is 1. The van der Waals surface area contributed by atoms with Gasteiger partial charge in [-0.2, -0.15) is 8.42 Å². The van der Waals surface area contributed by atoms with Crippen molar-refractivity contribution in [3.8, 4) is 5.88 Å². The molecule has 2 heterocycles. The first-order valence-corrected chi connectivity index (χ1v) is 7.13. The quantitative estimate of drug-likeness (QED) is 0.861. The van der Waals surface area contributed by atoms with Gasteiger partial charge in [0.05, 0.1) is 24.7 Å². The molecule has 0 bridgehead atoms. The molecule has 2 N–H and O–H groups in total. The van der Waals surface area contributed by atoms with E-state index in [1.165, 1.54) is 12.4 Å². The topological polar surface area (TPSA) is 97.0 Å². The Morgan fingerprint density at radius 3 is 2.63 bits per heavy atom. The zero-order valence-corrected chi connectivity index (χ0v) is 11.4. The minimum Gasteiger partial charge on any atom is -0.478 e. The van der Waals surface area contributed by atoms with E-state index in [9.17, 15) is 8.42 Å². The Balaban J connectivity index is 2.16. The summed E-state index contributed by atoms with van der Waals surface area (Å²) in [6.45, 7) is 4.03. The van der Waals surface area contributed by atoms with Crippen LogP contribution in [-0.2, 0) is 10.0 Å². The first-order valence-electron chi connectivity index (χ1n) is 5.64. The molecule has 0 aliphatic heterocycles. The van der Waals surface area contributed by atoms with E-state index in [-0.39, 0.29) is 5.03 Å². The van der Waals surface area contributed by atoms with E-state index in [1.54, 1.807) is 19.1 Å². The summed E-state index contributed by atoms with van der Waals surface area (Å²) in [4.78, 5) is 10.5. The number of imidazole rings is 1. The number of ether oxygens (including phenoxy) is 1. The molecule has 2 rings (SSSR count). The number of nitrogens with one attached hydrogen (secondary N) is 2. The number of sulfonamides is 1. The lowest BCUT2D eigenvalue weighted by atomic mass is 10.4. The standard InChI is InChI=1S/C11H14N4O3S/c1-3-18-10-5-4-9(6-13-10)15-19(16,17)11-7-12-8(2)14-11/h4-7,15H,3H2,1-2H3,(H,12,14). The van der Waals surface area contributed by atoms with Gasteiger partial charge in [0, 0.05) is 6.07 Å². The highest BCUT2D eigenvalue weighted by atomic mass is 32.2. The third-order valence-corrected chi connectivity index (χ3v) is 3.54. The van der Waals surface area contributed by atoms with Crippen LogP contribution in [0, 0.1) is 6.92 Å². The molecule has 0 unspecified atom stereocenters. The van der Waals surface area contributed by atoms with Crippen molar-refractivity contribution >= 4 is 15.7 Å². The van der Waals surface area contributed by atoms with Crippen molar-refractivity contribution < 1.29 is 13.2 Å². The Morgan fingerprint density at radius 1 is 1.32 bits per heavy atom. The van der Waals surface area contributed by atoms with Crippen molar-refractivity contribution in [1.29, 1.82) is 0 Å². The van der Waals surface area contributed by atoms with Gasteiger partial charge in [0.1, 0.15) is 5.82 Å². The Kier molecular flexibility index (Phi) is 3.70. The fourth-order valence-electron chi connectivity index (χ4n) is 1.42. The van der Waals surface area contributed by atoms with Gasteiger partial charge in [0.25, 0.3) is 10.0 Å². The molecule has 0 atom stereocenters. The van der Waals surface area contributed by atoms with Crippen molar-refractivity contribution in [1.82, 2.24) is 15.0 Å². The molecular formula is C11H14N4O3S. The van der Waals surface area contributed by atoms with Crippen LogP contribution in [0.25, 0.3) is 0 Å². The van der Waals surface area contributed by atoms with Gasteiger partial charge < -0.3 is 9.72 Å². The van der Waals surface area contributed by atoms with E-state index in [1.807, 2.05) is 6.92 Å². The van der Waals surface area contributed by atoms with Gasteiger partial charge in [-0.15, -0.1) is 0 Å². The third-order valence-electron chi connectivity index (χ3n) is 2.25. The van der Waals surface area contributed by atoms with Gasteiger partial charge in [-0.3, -0.25) is 4.72 Å². The zero-order valence-electron chi connectivity index (χ0n) is 10.5. The summed E-state index contributed by atoms with van der Waals surface area (Å²) in [6, 6.07) is 3.18. The normalized spacial score (nSPS) is 11.3. The highest BCUT2D eigenvalue weighted by molar-refractivity contribution is 7.92. The van der Waals surface area contributed by atoms with Crippen LogP contribution >= 0.6 is 0 Å². The number of anilines is 1. The summed E-state index contributed by atoms with van der Waals surface area (Å²) in [5, 5.41) is 0.0129. The van der Waals surface area contributed by atoms with Gasteiger partial charge >= 0.3 is 0 Å². The van der Waals surface area contributed by atoms with Gasteiger partial charge in [-0.25, -0.2) is 9.97 Å². The van der Waals surface area contributed by atoms with Crippen molar-refractivity contribution in [2.45, 2.75) is 18.9 Å². The molecule has 0 aliphatic carbocycles. The monoisotopic (exact) mass is 282 g/mol. The number of hydrogen-bond donors (Lipinski definition) is 2. The van der Waals surface area contributed by atoms with Crippen LogP contribution in [-0.4, -0.2) is 30.0 Å². The minimum atomic E-state index is -3.67. The maximum Gasteiger partial charge on any atom is 0.279 e. The van der Waals surface area contributed by atoms with Gasteiger partial charge in [-0.1, -0.05) is 0 Å². The SMILES string of the molecule is CCOc1ccc(NS(=O)(=O)c2cnc(C)[nH]2)cn1. The molecule has 102 valence electrons. The van der Waals surface area contributed by atoms with E-state index in [0.717, 1.165) is 0 Å². The number of aryl methyl sites for hydroxylation is 1. The third kappa shape index (κ3) is 3.22. The Labute approximate surface area is 111 Å². The highest BCUT2D eigenvalue weighted by Gasteiger charge is 2.16. The maximum absolute atomic E-state index is 12.0. The average molecular weight is 282 g/mol. The maximum atomic E-state index is 12.0. The number of rotatable bonds is 5. The van der Waals surface area contributed by atoms with Crippen molar-refractivity contribution in [2.24, 2.45) is 0 Å². The smallest absolute Gasteiger partial charge is 0.279 e. The predicted octanol–water partition coefficient (Wildman–Crippen LogP) is 1.31. The molecule has 2 aromatic rings. The molecule has 0 radical (unpaired) electrons. The lowest BCUT2D eigenvalue weighted by Gasteiger charge is -2.06. The Morgan fingerprint density at radius 2 is 2.11 bits per heavy atom. The summed E-state index contributed by atoms with van der Waals surface area (Å²) in [5.41, 5.74) is 0.357. The Bertz CT molecular complexity index is 649. The first-order chi connectivity index (χ1) is 9.01. The van der Waals surface area contributed by atoms with E-state index in [2.05, 4.69) is 19.7 Å². The predicted molar refractivity (Wildman–Crippen MR) is 69.5 cm³/mol. The van der Waals surface area contributed by atoms with E-state index in [0.29, 0.717) is 24.0 Å².